The Morgan fingerprint density at radius 2 is 1.61 bits per heavy atom. The number of amides is 1. The predicted octanol–water partition coefficient (Wildman–Crippen LogP) is 1.89. The van der Waals surface area contributed by atoms with Gasteiger partial charge in [-0.05, 0) is 55.3 Å². The highest BCUT2D eigenvalue weighted by molar-refractivity contribution is 7.89. The average Bonchev–Trinajstić information content (AvgIpc) is 2.89. The number of nitrogens with one attached hydrogen (secondary N) is 1. The van der Waals surface area contributed by atoms with E-state index in [1.807, 2.05) is 0 Å². The Morgan fingerprint density at radius 3 is 2.28 bits per heavy atom. The molecule has 2 aliphatic heterocycles. The highest BCUT2D eigenvalue weighted by Crippen LogP contribution is 2.31. The Bertz CT molecular complexity index is 1310. The lowest BCUT2D eigenvalue weighted by Crippen LogP contribution is -2.43. The molecular weight excluding hydrogens is 513 g/mol. The summed E-state index contributed by atoms with van der Waals surface area (Å²) in [4.78, 5) is 13.1. The molecule has 2 saturated heterocycles. The van der Waals surface area contributed by atoms with Crippen LogP contribution in [0.2, 0.25) is 0 Å². The Balaban J connectivity index is 1.52. The smallest absolute Gasteiger partial charge is 0.243 e. The van der Waals surface area contributed by atoms with E-state index < -0.39 is 37.7 Å². The van der Waals surface area contributed by atoms with Gasteiger partial charge in [-0.3, -0.25) is 4.79 Å². The molecular formula is C23H28FN3O7S2. The molecule has 0 aromatic heterocycles. The number of sulfonamides is 2. The number of piperidine rings is 1. The number of hydrogen-bond acceptors (Lipinski definition) is 7. The molecule has 2 heterocycles. The van der Waals surface area contributed by atoms with Gasteiger partial charge in [0.25, 0.3) is 0 Å². The molecule has 0 bridgehead atoms. The number of ether oxygens (including phenoxy) is 2. The summed E-state index contributed by atoms with van der Waals surface area (Å²) in [5.74, 6) is -1.39. The fraction of sp³-hybridized carbons (Fsp3) is 0.435. The van der Waals surface area contributed by atoms with Crippen LogP contribution in [0.15, 0.2) is 52.3 Å². The molecule has 1 amide bonds. The summed E-state index contributed by atoms with van der Waals surface area (Å²) in [7, 11) is -6.30. The van der Waals surface area contributed by atoms with Gasteiger partial charge in [-0.25, -0.2) is 21.2 Å². The zero-order valence-electron chi connectivity index (χ0n) is 19.7. The second-order valence-electron chi connectivity index (χ2n) is 8.52. The van der Waals surface area contributed by atoms with Crippen LogP contribution in [0.5, 0.6) is 5.75 Å². The lowest BCUT2D eigenvalue weighted by molar-refractivity contribution is -0.120. The first-order chi connectivity index (χ1) is 17.1. The van der Waals surface area contributed by atoms with Crippen molar-refractivity contribution in [3.63, 3.8) is 0 Å². The normalized spacial score (nSPS) is 20.1. The van der Waals surface area contributed by atoms with E-state index in [1.54, 1.807) is 0 Å². The maximum atomic E-state index is 13.2. The van der Waals surface area contributed by atoms with Gasteiger partial charge < -0.3 is 14.8 Å². The van der Waals surface area contributed by atoms with Gasteiger partial charge in [-0.1, -0.05) is 0 Å². The minimum absolute atomic E-state index is 0.00431. The maximum Gasteiger partial charge on any atom is 0.243 e. The molecule has 0 saturated carbocycles. The zero-order chi connectivity index (χ0) is 25.9. The number of morpholine rings is 1. The number of carbonyl (C=O) groups is 1. The maximum absolute atomic E-state index is 13.2. The number of halogens is 1. The summed E-state index contributed by atoms with van der Waals surface area (Å²) in [6, 6.07) is 8.76. The van der Waals surface area contributed by atoms with Gasteiger partial charge in [0.05, 0.1) is 41.7 Å². The van der Waals surface area contributed by atoms with Crippen molar-refractivity contribution in [3.8, 4) is 5.75 Å². The van der Waals surface area contributed by atoms with E-state index in [2.05, 4.69) is 5.32 Å². The summed E-state index contributed by atoms with van der Waals surface area (Å²) in [6.07, 6.45) is 0.913. The lowest BCUT2D eigenvalue weighted by atomic mass is 9.98. The van der Waals surface area contributed by atoms with E-state index >= 15 is 0 Å². The molecule has 13 heteroatoms. The van der Waals surface area contributed by atoms with Gasteiger partial charge in [-0.2, -0.15) is 8.61 Å². The minimum atomic E-state index is -3.90. The number of nitrogens with zero attached hydrogens (tertiary/aromatic N) is 2. The van der Waals surface area contributed by atoms with Crippen LogP contribution in [0.4, 0.5) is 10.1 Å². The number of benzene rings is 2. The van der Waals surface area contributed by atoms with E-state index in [0.29, 0.717) is 26.1 Å². The first-order valence-electron chi connectivity index (χ1n) is 11.5. The van der Waals surface area contributed by atoms with Gasteiger partial charge >= 0.3 is 0 Å². The van der Waals surface area contributed by atoms with Crippen molar-refractivity contribution in [2.45, 2.75) is 22.6 Å². The Kier molecular flexibility index (Phi) is 7.95. The molecule has 2 fully saturated rings. The van der Waals surface area contributed by atoms with Crippen molar-refractivity contribution in [2.75, 3.05) is 51.8 Å². The van der Waals surface area contributed by atoms with Gasteiger partial charge in [-0.15, -0.1) is 0 Å². The lowest BCUT2D eigenvalue weighted by Gasteiger charge is -2.31. The second-order valence-corrected chi connectivity index (χ2v) is 12.4. The van der Waals surface area contributed by atoms with E-state index in [4.69, 9.17) is 9.47 Å². The summed E-state index contributed by atoms with van der Waals surface area (Å²) < 4.78 is 78.4. The fourth-order valence-electron chi connectivity index (χ4n) is 4.25. The van der Waals surface area contributed by atoms with Crippen LogP contribution >= 0.6 is 0 Å². The van der Waals surface area contributed by atoms with Crippen molar-refractivity contribution in [2.24, 2.45) is 5.92 Å². The first kappa shape index (κ1) is 26.5. The third kappa shape index (κ3) is 5.54. The fourth-order valence-corrected chi connectivity index (χ4v) is 7.20. The SMILES string of the molecule is COc1ccc(S(=O)(=O)N2CCOCC2)cc1NC(=O)[C@H]1CCCN(S(=O)(=O)c2ccc(F)cc2)C1. The Morgan fingerprint density at radius 1 is 0.972 bits per heavy atom. The number of carbonyl (C=O) groups excluding carboxylic acids is 1. The van der Waals surface area contributed by atoms with E-state index in [0.717, 1.165) is 12.1 Å². The third-order valence-electron chi connectivity index (χ3n) is 6.24. The van der Waals surface area contributed by atoms with Crippen molar-refractivity contribution in [3.05, 3.63) is 48.3 Å². The van der Waals surface area contributed by atoms with Crippen molar-refractivity contribution < 1.29 is 35.5 Å². The molecule has 0 spiro atoms. The molecule has 0 aliphatic carbocycles. The van der Waals surface area contributed by atoms with Crippen LogP contribution < -0.4 is 10.1 Å². The molecule has 2 aromatic carbocycles. The second kappa shape index (κ2) is 10.8. The van der Waals surface area contributed by atoms with Crippen LogP contribution in [0.1, 0.15) is 12.8 Å². The molecule has 2 aromatic rings. The number of rotatable bonds is 7. The largest absolute Gasteiger partial charge is 0.495 e. The number of hydrogen-bond donors (Lipinski definition) is 1. The summed E-state index contributed by atoms with van der Waals surface area (Å²) in [6.45, 7) is 1.25. The van der Waals surface area contributed by atoms with Crippen LogP contribution in [-0.4, -0.2) is 77.9 Å². The quantitative estimate of drug-likeness (QED) is 0.568. The topological polar surface area (TPSA) is 122 Å². The van der Waals surface area contributed by atoms with Gasteiger partial charge in [0.15, 0.2) is 0 Å². The van der Waals surface area contributed by atoms with E-state index in [-0.39, 0.29) is 47.4 Å². The van der Waals surface area contributed by atoms with Crippen molar-refractivity contribution in [1.82, 2.24) is 8.61 Å². The molecule has 10 nitrogen and oxygen atoms in total. The summed E-state index contributed by atoms with van der Waals surface area (Å²) in [5, 5.41) is 2.72. The van der Waals surface area contributed by atoms with Crippen molar-refractivity contribution >= 4 is 31.6 Å². The summed E-state index contributed by atoms with van der Waals surface area (Å²) >= 11 is 0. The number of methoxy groups -OCH3 is 1. The molecule has 2 aliphatic rings. The van der Waals surface area contributed by atoms with Crippen molar-refractivity contribution in [1.29, 1.82) is 0 Å². The van der Waals surface area contributed by atoms with Crippen LogP contribution in [0, 0.1) is 11.7 Å². The molecule has 0 radical (unpaired) electrons. The minimum Gasteiger partial charge on any atom is -0.495 e. The van der Waals surface area contributed by atoms with Crippen LogP contribution in [0.25, 0.3) is 0 Å². The molecule has 36 heavy (non-hydrogen) atoms. The first-order valence-corrected chi connectivity index (χ1v) is 14.3. The monoisotopic (exact) mass is 541 g/mol. The summed E-state index contributed by atoms with van der Waals surface area (Å²) in [5.41, 5.74) is 0.176. The van der Waals surface area contributed by atoms with Gasteiger partial charge in [0, 0.05) is 26.2 Å². The molecule has 1 atom stereocenters. The third-order valence-corrected chi connectivity index (χ3v) is 10.0. The molecule has 4 rings (SSSR count). The zero-order valence-corrected chi connectivity index (χ0v) is 21.4. The van der Waals surface area contributed by atoms with Gasteiger partial charge in [0.2, 0.25) is 26.0 Å². The highest BCUT2D eigenvalue weighted by atomic mass is 32.2. The Hall–Kier alpha value is -2.58. The standard InChI is InChI=1S/C23H28FN3O7S2/c1-33-22-9-8-20(36(31,32)26-11-13-34-14-12-26)15-21(22)25-23(28)17-3-2-10-27(16-17)35(29,30)19-6-4-18(24)5-7-19/h4-9,15,17H,2-3,10-14,16H2,1H3,(H,25,28)/t17-/m0/s1. The highest BCUT2D eigenvalue weighted by Gasteiger charge is 2.34. The number of anilines is 1. The van der Waals surface area contributed by atoms with Crippen LogP contribution in [0.3, 0.4) is 0 Å². The average molecular weight is 542 g/mol. The van der Waals surface area contributed by atoms with Crippen LogP contribution in [-0.2, 0) is 29.6 Å². The Labute approximate surface area is 210 Å². The van der Waals surface area contributed by atoms with E-state index in [9.17, 15) is 26.0 Å². The molecule has 1 N–H and O–H groups in total. The van der Waals surface area contributed by atoms with E-state index in [1.165, 1.54) is 46.1 Å². The molecule has 0 unspecified atom stereocenters. The predicted molar refractivity (Wildman–Crippen MR) is 129 cm³/mol. The van der Waals surface area contributed by atoms with Gasteiger partial charge in [0.1, 0.15) is 11.6 Å². The molecule has 196 valence electrons.